The van der Waals surface area contributed by atoms with E-state index in [-0.39, 0.29) is 16.7 Å². The number of nitrogens with one attached hydrogen (secondary N) is 1. The van der Waals surface area contributed by atoms with Crippen molar-refractivity contribution < 1.29 is 4.79 Å². The molecule has 1 aromatic heterocycles. The van der Waals surface area contributed by atoms with Crippen molar-refractivity contribution in [2.24, 2.45) is 12.5 Å². The number of carbonyl (C=O) groups excluding carboxylic acids is 1. The van der Waals surface area contributed by atoms with E-state index in [4.69, 9.17) is 0 Å². The summed E-state index contributed by atoms with van der Waals surface area (Å²) in [5.41, 5.74) is 1.09. The van der Waals surface area contributed by atoms with E-state index in [1.54, 1.807) is 18.1 Å². The number of amides is 1. The van der Waals surface area contributed by atoms with Gasteiger partial charge in [0.05, 0.1) is 5.41 Å². The molecule has 5 nitrogen and oxygen atoms in total. The van der Waals surface area contributed by atoms with Gasteiger partial charge in [-0.1, -0.05) is 54.9 Å². The summed E-state index contributed by atoms with van der Waals surface area (Å²) in [6, 6.07) is 10.4. The van der Waals surface area contributed by atoms with Crippen LogP contribution in [-0.2, 0) is 17.3 Å². The van der Waals surface area contributed by atoms with Crippen molar-refractivity contribution >= 4 is 17.7 Å². The summed E-state index contributed by atoms with van der Waals surface area (Å²) >= 11 is 1.62. The van der Waals surface area contributed by atoms with Crippen LogP contribution in [0.4, 0.5) is 0 Å². The molecule has 0 radical (unpaired) electrons. The third-order valence-corrected chi connectivity index (χ3v) is 6.92. The van der Waals surface area contributed by atoms with Gasteiger partial charge in [0, 0.05) is 19.3 Å². The van der Waals surface area contributed by atoms with Crippen molar-refractivity contribution in [1.82, 2.24) is 20.1 Å². The van der Waals surface area contributed by atoms with Crippen LogP contribution in [0.25, 0.3) is 0 Å². The van der Waals surface area contributed by atoms with Crippen LogP contribution in [0.1, 0.15) is 37.7 Å². The fourth-order valence-electron chi connectivity index (χ4n) is 4.56. The van der Waals surface area contributed by atoms with Crippen LogP contribution in [0.2, 0.25) is 0 Å². The van der Waals surface area contributed by atoms with Gasteiger partial charge in [0.15, 0.2) is 5.16 Å². The monoisotopic (exact) mass is 356 g/mol. The third kappa shape index (κ3) is 2.76. The largest absolute Gasteiger partial charge is 0.354 e. The van der Waals surface area contributed by atoms with Crippen LogP contribution in [0.3, 0.4) is 0 Å². The first-order valence-electron chi connectivity index (χ1n) is 8.99. The van der Waals surface area contributed by atoms with E-state index in [0.717, 1.165) is 17.3 Å². The van der Waals surface area contributed by atoms with Crippen molar-refractivity contribution in [3.63, 3.8) is 0 Å². The summed E-state index contributed by atoms with van der Waals surface area (Å²) in [5, 5.41) is 12.0. The molecule has 2 aromatic rings. The molecular formula is C19H24N4OS. The number of hydrogen-bond donors (Lipinski definition) is 1. The molecule has 6 heteroatoms. The van der Waals surface area contributed by atoms with Crippen LogP contribution in [0, 0.1) is 5.41 Å². The van der Waals surface area contributed by atoms with E-state index in [0.29, 0.717) is 6.54 Å². The Morgan fingerprint density at radius 1 is 1.28 bits per heavy atom. The van der Waals surface area contributed by atoms with E-state index >= 15 is 0 Å². The summed E-state index contributed by atoms with van der Waals surface area (Å²) in [5.74, 6) is 1.01. The van der Waals surface area contributed by atoms with Gasteiger partial charge in [-0.25, -0.2) is 0 Å². The predicted octanol–water partition coefficient (Wildman–Crippen LogP) is 2.93. The summed E-state index contributed by atoms with van der Waals surface area (Å²) < 4.78 is 1.90. The first-order valence-corrected chi connectivity index (χ1v) is 9.97. The van der Waals surface area contributed by atoms with Crippen molar-refractivity contribution in [3.05, 3.63) is 42.2 Å². The van der Waals surface area contributed by atoms with Gasteiger partial charge in [0.1, 0.15) is 6.33 Å². The van der Waals surface area contributed by atoms with Gasteiger partial charge in [-0.2, -0.15) is 0 Å². The molecule has 0 aliphatic heterocycles. The normalized spacial score (nSPS) is 23.7. The van der Waals surface area contributed by atoms with Gasteiger partial charge in [0.2, 0.25) is 5.91 Å². The second kappa shape index (κ2) is 6.48. The molecule has 0 unspecified atom stereocenters. The Kier molecular flexibility index (Phi) is 4.31. The number of rotatable bonds is 6. The first-order chi connectivity index (χ1) is 12.2. The van der Waals surface area contributed by atoms with Crippen LogP contribution in [-0.4, -0.2) is 33.0 Å². The first kappa shape index (κ1) is 16.6. The smallest absolute Gasteiger partial charge is 0.231 e. The second-order valence-corrected chi connectivity index (χ2v) is 8.33. The molecule has 2 saturated carbocycles. The van der Waals surface area contributed by atoms with Gasteiger partial charge in [0.25, 0.3) is 0 Å². The standard InChI is InChI=1S/C19H24N4OS/c1-23-14-21-22-17(23)25-12-11-20-16(24)19(15-7-3-2-4-8-15)13-18(19)9-5-6-10-18/h2-4,7-8,14H,5-6,9-13H2,1H3,(H,20,24)/t19-/m0/s1. The lowest BCUT2D eigenvalue weighted by Gasteiger charge is -2.22. The minimum atomic E-state index is -0.305. The number of carbonyl (C=O) groups is 1. The maximum Gasteiger partial charge on any atom is 0.231 e. The lowest BCUT2D eigenvalue weighted by Crippen LogP contribution is -2.39. The van der Waals surface area contributed by atoms with E-state index in [9.17, 15) is 4.79 Å². The molecule has 1 spiro atoms. The number of thioether (sulfide) groups is 1. The summed E-state index contributed by atoms with van der Waals surface area (Å²) in [4.78, 5) is 13.2. The summed E-state index contributed by atoms with van der Waals surface area (Å²) in [6.45, 7) is 0.654. The molecular weight excluding hydrogens is 332 g/mol. The molecule has 1 amide bonds. The zero-order valence-corrected chi connectivity index (χ0v) is 15.4. The van der Waals surface area contributed by atoms with Crippen LogP contribution in [0.5, 0.6) is 0 Å². The Bertz CT molecular complexity index is 754. The van der Waals surface area contributed by atoms with Crippen molar-refractivity contribution in [3.8, 4) is 0 Å². The third-order valence-electron chi connectivity index (χ3n) is 5.89. The van der Waals surface area contributed by atoms with E-state index in [2.05, 4.69) is 39.8 Å². The van der Waals surface area contributed by atoms with E-state index in [1.165, 1.54) is 31.2 Å². The van der Waals surface area contributed by atoms with Gasteiger partial charge >= 0.3 is 0 Å². The molecule has 4 rings (SSSR count). The SMILES string of the molecule is Cn1cnnc1SCCNC(=O)[C@@]1(c2ccccc2)CC12CCCC2. The number of aryl methyl sites for hydroxylation is 1. The molecule has 1 heterocycles. The van der Waals surface area contributed by atoms with Gasteiger partial charge in [-0.05, 0) is 30.2 Å². The second-order valence-electron chi connectivity index (χ2n) is 7.26. The summed E-state index contributed by atoms with van der Waals surface area (Å²) in [7, 11) is 1.93. The van der Waals surface area contributed by atoms with Crippen LogP contribution in [0.15, 0.2) is 41.8 Å². The topological polar surface area (TPSA) is 59.8 Å². The number of aromatic nitrogens is 3. The minimum absolute atomic E-state index is 0.204. The number of hydrogen-bond acceptors (Lipinski definition) is 4. The average molecular weight is 356 g/mol. The predicted molar refractivity (Wildman–Crippen MR) is 98.4 cm³/mol. The Morgan fingerprint density at radius 2 is 2.04 bits per heavy atom. The van der Waals surface area contributed by atoms with E-state index < -0.39 is 0 Å². The average Bonchev–Trinajstić information content (AvgIpc) is 2.89. The zero-order chi connectivity index (χ0) is 17.3. The summed E-state index contributed by atoms with van der Waals surface area (Å²) in [6.07, 6.45) is 7.57. The molecule has 132 valence electrons. The van der Waals surface area contributed by atoms with Crippen molar-refractivity contribution in [2.75, 3.05) is 12.3 Å². The molecule has 2 aliphatic rings. The highest BCUT2D eigenvalue weighted by atomic mass is 32.2. The number of benzene rings is 1. The number of nitrogens with zero attached hydrogens (tertiary/aromatic N) is 3. The fraction of sp³-hybridized carbons (Fsp3) is 0.526. The Hall–Kier alpha value is -1.82. The molecule has 25 heavy (non-hydrogen) atoms. The minimum Gasteiger partial charge on any atom is -0.354 e. The maximum atomic E-state index is 13.2. The molecule has 0 saturated heterocycles. The van der Waals surface area contributed by atoms with Crippen LogP contribution >= 0.6 is 11.8 Å². The zero-order valence-electron chi connectivity index (χ0n) is 14.6. The Balaban J connectivity index is 1.42. The molecule has 0 bridgehead atoms. The Morgan fingerprint density at radius 3 is 2.72 bits per heavy atom. The highest BCUT2D eigenvalue weighted by Gasteiger charge is 2.72. The molecule has 1 aromatic carbocycles. The van der Waals surface area contributed by atoms with Gasteiger partial charge < -0.3 is 9.88 Å². The van der Waals surface area contributed by atoms with Gasteiger partial charge in [-0.3, -0.25) is 4.79 Å². The lowest BCUT2D eigenvalue weighted by molar-refractivity contribution is -0.124. The lowest BCUT2D eigenvalue weighted by atomic mass is 9.84. The van der Waals surface area contributed by atoms with Crippen LogP contribution < -0.4 is 5.32 Å². The highest BCUT2D eigenvalue weighted by Crippen LogP contribution is 2.72. The highest BCUT2D eigenvalue weighted by molar-refractivity contribution is 7.99. The van der Waals surface area contributed by atoms with E-state index in [1.807, 2.05) is 17.7 Å². The quantitative estimate of drug-likeness (QED) is 0.639. The van der Waals surface area contributed by atoms with Crippen molar-refractivity contribution in [1.29, 1.82) is 0 Å². The maximum absolute atomic E-state index is 13.2. The Labute approximate surface area is 152 Å². The molecule has 2 fully saturated rings. The molecule has 2 aliphatic carbocycles. The van der Waals surface area contributed by atoms with Crippen molar-refractivity contribution in [2.45, 2.75) is 42.7 Å². The molecule has 1 atom stereocenters. The fourth-order valence-corrected chi connectivity index (χ4v) is 5.31. The van der Waals surface area contributed by atoms with Gasteiger partial charge in [-0.15, -0.1) is 10.2 Å². The molecule has 1 N–H and O–H groups in total.